The predicted molar refractivity (Wildman–Crippen MR) is 147 cm³/mol. The molecule has 0 radical (unpaired) electrons. The van der Waals surface area contributed by atoms with Crippen molar-refractivity contribution in [2.24, 2.45) is 0 Å². The molecule has 0 aromatic heterocycles. The molecule has 0 fully saturated rings. The summed E-state index contributed by atoms with van der Waals surface area (Å²) in [7, 11) is 1.35. The Morgan fingerprint density at radius 2 is 1.74 bits per heavy atom. The number of hydrogen-bond donors (Lipinski definition) is 1. The lowest BCUT2D eigenvalue weighted by molar-refractivity contribution is -0.140. The van der Waals surface area contributed by atoms with Gasteiger partial charge in [0, 0.05) is 25.6 Å². The van der Waals surface area contributed by atoms with Gasteiger partial charge in [0.15, 0.2) is 0 Å². The van der Waals surface area contributed by atoms with E-state index in [1.165, 1.54) is 18.9 Å². The number of rotatable bonds is 6. The largest absolute Gasteiger partial charge is 0.469 e. The van der Waals surface area contributed by atoms with Crippen LogP contribution in [-0.2, 0) is 36.7 Å². The van der Waals surface area contributed by atoms with E-state index in [4.69, 9.17) is 14.2 Å². The molecule has 210 valence electrons. The summed E-state index contributed by atoms with van der Waals surface area (Å²) in [5, 5.41) is 3.01. The van der Waals surface area contributed by atoms with Crippen molar-refractivity contribution >= 4 is 29.6 Å². The van der Waals surface area contributed by atoms with Gasteiger partial charge >= 0.3 is 18.0 Å². The Labute approximate surface area is 229 Å². The highest BCUT2D eigenvalue weighted by Gasteiger charge is 2.38. The molecule has 1 atom stereocenters. The Balaban J connectivity index is 2.02. The fourth-order valence-corrected chi connectivity index (χ4v) is 4.66. The van der Waals surface area contributed by atoms with Gasteiger partial charge in [0.05, 0.1) is 7.11 Å². The molecule has 0 spiro atoms. The summed E-state index contributed by atoms with van der Waals surface area (Å²) < 4.78 is 15.8. The van der Waals surface area contributed by atoms with Gasteiger partial charge in [-0.3, -0.25) is 19.3 Å². The number of nitrogens with zero attached hydrogens (tertiary/aromatic N) is 1. The van der Waals surface area contributed by atoms with Gasteiger partial charge < -0.3 is 19.5 Å². The van der Waals surface area contributed by atoms with Gasteiger partial charge in [-0.2, -0.15) is 0 Å². The summed E-state index contributed by atoms with van der Waals surface area (Å²) in [5.74, 6) is -0.677. The van der Waals surface area contributed by atoms with Crippen molar-refractivity contribution in [2.45, 2.75) is 79.4 Å². The van der Waals surface area contributed by atoms with E-state index < -0.39 is 29.6 Å². The minimum absolute atomic E-state index is 0.203. The summed E-state index contributed by atoms with van der Waals surface area (Å²) in [4.78, 5) is 52.0. The number of ether oxygens (including phenoxy) is 3. The van der Waals surface area contributed by atoms with E-state index in [9.17, 15) is 19.2 Å². The van der Waals surface area contributed by atoms with Crippen LogP contribution in [0.25, 0.3) is 0 Å². The van der Waals surface area contributed by atoms with Crippen LogP contribution in [-0.4, -0.2) is 48.1 Å². The highest BCUT2D eigenvalue weighted by Crippen LogP contribution is 2.36. The van der Waals surface area contributed by atoms with Gasteiger partial charge in [-0.25, -0.2) is 4.79 Å². The minimum atomic E-state index is -0.949. The highest BCUT2D eigenvalue weighted by molar-refractivity contribution is 5.98. The molecule has 0 aliphatic carbocycles. The van der Waals surface area contributed by atoms with Crippen LogP contribution in [0.15, 0.2) is 24.3 Å². The molecule has 0 unspecified atom stereocenters. The molecule has 0 saturated heterocycles. The lowest BCUT2D eigenvalue weighted by Crippen LogP contribution is -2.47. The first-order valence-corrected chi connectivity index (χ1v) is 13.0. The number of amides is 2. The molecule has 1 heterocycles. The topological polar surface area (TPSA) is 111 Å². The second-order valence-corrected chi connectivity index (χ2v) is 10.8. The second kappa shape index (κ2) is 11.9. The molecule has 9 heteroatoms. The Morgan fingerprint density at radius 1 is 1.05 bits per heavy atom. The number of carbonyl (C=O) groups excluding carboxylic acids is 4. The van der Waals surface area contributed by atoms with Crippen LogP contribution >= 0.6 is 0 Å². The van der Waals surface area contributed by atoms with Crippen LogP contribution in [0.5, 0.6) is 5.75 Å². The quantitative estimate of drug-likeness (QED) is 0.402. The Morgan fingerprint density at radius 3 is 2.36 bits per heavy atom. The average Bonchev–Trinajstić information content (AvgIpc) is 2.86. The summed E-state index contributed by atoms with van der Waals surface area (Å²) in [6, 6.07) is 6.57. The van der Waals surface area contributed by atoms with Crippen molar-refractivity contribution < 1.29 is 33.4 Å². The molecule has 2 aromatic carbocycles. The van der Waals surface area contributed by atoms with Crippen molar-refractivity contribution in [1.29, 1.82) is 0 Å². The molecule has 9 nitrogen and oxygen atoms in total. The van der Waals surface area contributed by atoms with Crippen LogP contribution in [0.1, 0.15) is 73.5 Å². The third-order valence-corrected chi connectivity index (χ3v) is 6.69. The maximum Gasteiger partial charge on any atom is 0.411 e. The van der Waals surface area contributed by atoms with E-state index in [-0.39, 0.29) is 12.4 Å². The average molecular weight is 539 g/mol. The van der Waals surface area contributed by atoms with Gasteiger partial charge in [0.25, 0.3) is 5.91 Å². The number of benzene rings is 2. The predicted octanol–water partition coefficient (Wildman–Crippen LogP) is 5.12. The molecule has 39 heavy (non-hydrogen) atoms. The summed E-state index contributed by atoms with van der Waals surface area (Å²) >= 11 is 0. The van der Waals surface area contributed by atoms with Crippen LogP contribution in [0.3, 0.4) is 0 Å². The Hall–Kier alpha value is -3.88. The van der Waals surface area contributed by atoms with Crippen molar-refractivity contribution in [3.63, 3.8) is 0 Å². The van der Waals surface area contributed by atoms with Gasteiger partial charge in [0.1, 0.15) is 17.4 Å². The van der Waals surface area contributed by atoms with E-state index in [0.717, 1.165) is 22.3 Å². The fourth-order valence-electron chi connectivity index (χ4n) is 4.66. The molecular formula is C30H38N2O7. The second-order valence-electron chi connectivity index (χ2n) is 10.8. The van der Waals surface area contributed by atoms with Crippen molar-refractivity contribution in [1.82, 2.24) is 4.90 Å². The number of hydrogen-bond acceptors (Lipinski definition) is 7. The fraction of sp³-hybridized carbons (Fsp3) is 0.467. The van der Waals surface area contributed by atoms with E-state index in [1.807, 2.05) is 32.0 Å². The van der Waals surface area contributed by atoms with Gasteiger partial charge in [-0.1, -0.05) is 18.2 Å². The maximum atomic E-state index is 14.0. The number of fused-ring (bicyclic) bond motifs is 1. The number of nitrogens with one attached hydrogen (secondary N) is 1. The standard InChI is InChI=1S/C30H38N2O7/c1-17-15-24(18(2)19(3)27(17)38-20(4)33)31-28(35)26-23-16-21(10-12-25(34)37-8)9-11-22(23)13-14-32(26)29(36)39-30(5,6)7/h9,11,15-16,26H,10,12-14H2,1-8H3,(H,31,35)/t26-/m0/s1. The summed E-state index contributed by atoms with van der Waals surface area (Å²) in [5.41, 5.74) is 4.50. The van der Waals surface area contributed by atoms with E-state index in [2.05, 4.69) is 5.32 Å². The molecule has 1 aliphatic heterocycles. The third kappa shape index (κ3) is 7.16. The Kier molecular flexibility index (Phi) is 9.04. The van der Waals surface area contributed by atoms with Crippen LogP contribution < -0.4 is 10.1 Å². The molecular weight excluding hydrogens is 500 g/mol. The van der Waals surface area contributed by atoms with Crippen molar-refractivity contribution in [2.75, 3.05) is 19.0 Å². The monoisotopic (exact) mass is 538 g/mol. The number of anilines is 1. The van der Waals surface area contributed by atoms with Crippen molar-refractivity contribution in [3.8, 4) is 5.75 Å². The van der Waals surface area contributed by atoms with Crippen LogP contribution in [0, 0.1) is 20.8 Å². The normalized spacial score (nSPS) is 14.8. The zero-order valence-electron chi connectivity index (χ0n) is 24.0. The highest BCUT2D eigenvalue weighted by atomic mass is 16.6. The van der Waals surface area contributed by atoms with Crippen LogP contribution in [0.4, 0.5) is 10.5 Å². The molecule has 1 N–H and O–H groups in total. The first-order chi connectivity index (χ1) is 18.2. The zero-order valence-corrected chi connectivity index (χ0v) is 24.0. The van der Waals surface area contributed by atoms with Crippen molar-refractivity contribution in [3.05, 3.63) is 57.6 Å². The summed E-state index contributed by atoms with van der Waals surface area (Å²) in [6.07, 6.45) is 0.622. The number of aryl methyl sites for hydroxylation is 2. The number of carbonyl (C=O) groups is 4. The lowest BCUT2D eigenvalue weighted by atomic mass is 9.89. The van der Waals surface area contributed by atoms with E-state index in [0.29, 0.717) is 42.0 Å². The van der Waals surface area contributed by atoms with Gasteiger partial charge in [0.2, 0.25) is 0 Å². The third-order valence-electron chi connectivity index (χ3n) is 6.69. The van der Waals surface area contributed by atoms with E-state index >= 15 is 0 Å². The smallest absolute Gasteiger partial charge is 0.411 e. The van der Waals surface area contributed by atoms with Crippen LogP contribution in [0.2, 0.25) is 0 Å². The Bertz CT molecular complexity index is 1290. The minimum Gasteiger partial charge on any atom is -0.469 e. The first kappa shape index (κ1) is 29.7. The first-order valence-electron chi connectivity index (χ1n) is 13.0. The SMILES string of the molecule is COC(=O)CCc1ccc2c(c1)[C@@H](C(=O)Nc1cc(C)c(OC(C)=O)c(C)c1C)N(C(=O)OC(C)(C)C)CC2. The zero-order chi connectivity index (χ0) is 29.1. The molecule has 0 bridgehead atoms. The molecule has 2 amide bonds. The molecule has 0 saturated carbocycles. The summed E-state index contributed by atoms with van der Waals surface area (Å²) in [6.45, 7) is 12.5. The van der Waals surface area contributed by atoms with Gasteiger partial charge in [-0.05, 0) is 93.8 Å². The molecule has 3 rings (SSSR count). The van der Waals surface area contributed by atoms with Gasteiger partial charge in [-0.15, -0.1) is 0 Å². The van der Waals surface area contributed by atoms with E-state index in [1.54, 1.807) is 33.8 Å². The number of methoxy groups -OCH3 is 1. The number of esters is 2. The maximum absolute atomic E-state index is 14.0. The molecule has 1 aliphatic rings. The molecule has 2 aromatic rings. The lowest BCUT2D eigenvalue weighted by Gasteiger charge is -2.37.